The highest BCUT2D eigenvalue weighted by Gasteiger charge is 2.17. The van der Waals surface area contributed by atoms with E-state index in [2.05, 4.69) is 15.6 Å². The minimum atomic E-state index is -0.0610. The minimum absolute atomic E-state index is 0.0610. The lowest BCUT2D eigenvalue weighted by atomic mass is 10.2. The fourth-order valence-electron chi connectivity index (χ4n) is 2.06. The molecule has 118 valence electrons. The van der Waals surface area contributed by atoms with E-state index in [-0.39, 0.29) is 12.1 Å². The van der Waals surface area contributed by atoms with Crippen LogP contribution in [0.2, 0.25) is 0 Å². The van der Waals surface area contributed by atoms with Crippen molar-refractivity contribution in [3.8, 4) is 0 Å². The summed E-state index contributed by atoms with van der Waals surface area (Å²) in [5.41, 5.74) is 2.14. The molecule has 0 unspecified atom stereocenters. The molecular weight excluding hydrogens is 296 g/mol. The van der Waals surface area contributed by atoms with E-state index in [1.807, 2.05) is 50.7 Å². The second-order valence-corrected chi connectivity index (χ2v) is 6.13. The third-order valence-corrected chi connectivity index (χ3v) is 4.64. The zero-order valence-corrected chi connectivity index (χ0v) is 14.0. The summed E-state index contributed by atoms with van der Waals surface area (Å²) in [4.78, 5) is 19.1. The van der Waals surface area contributed by atoms with Gasteiger partial charge in [0.1, 0.15) is 0 Å². The molecule has 0 saturated carbocycles. The Kier molecular flexibility index (Phi) is 5.77. The summed E-state index contributed by atoms with van der Waals surface area (Å²) in [6.07, 6.45) is 3.57. The Morgan fingerprint density at radius 3 is 2.91 bits per heavy atom. The van der Waals surface area contributed by atoms with E-state index in [1.54, 1.807) is 22.4 Å². The molecular formula is C16H22N4OS. The third kappa shape index (κ3) is 4.21. The molecule has 2 rings (SSSR count). The van der Waals surface area contributed by atoms with Crippen LogP contribution in [0.5, 0.6) is 0 Å². The molecule has 0 saturated heterocycles. The van der Waals surface area contributed by atoms with Crippen LogP contribution in [0.25, 0.3) is 0 Å². The predicted molar refractivity (Wildman–Crippen MR) is 91.4 cm³/mol. The van der Waals surface area contributed by atoms with Gasteiger partial charge in [0.25, 0.3) is 0 Å². The van der Waals surface area contributed by atoms with Gasteiger partial charge >= 0.3 is 6.03 Å². The number of anilines is 1. The van der Waals surface area contributed by atoms with Gasteiger partial charge < -0.3 is 15.5 Å². The molecule has 2 N–H and O–H groups in total. The summed E-state index contributed by atoms with van der Waals surface area (Å²) in [6, 6.07) is 6.00. The van der Waals surface area contributed by atoms with E-state index in [1.165, 1.54) is 4.88 Å². The van der Waals surface area contributed by atoms with Gasteiger partial charge in [-0.2, -0.15) is 0 Å². The summed E-state index contributed by atoms with van der Waals surface area (Å²) in [5.74, 6) is 0. The molecule has 2 aromatic rings. The molecule has 5 nitrogen and oxygen atoms in total. The average molecular weight is 318 g/mol. The molecule has 0 radical (unpaired) electrons. The second kappa shape index (κ2) is 7.79. The molecule has 0 fully saturated rings. The fourth-order valence-corrected chi connectivity index (χ4v) is 2.89. The topological polar surface area (TPSA) is 57.3 Å². The molecule has 2 amide bonds. The smallest absolute Gasteiger partial charge is 0.317 e. The first-order valence-electron chi connectivity index (χ1n) is 7.28. The molecule has 1 atom stereocenters. The minimum Gasteiger partial charge on any atom is -0.383 e. The van der Waals surface area contributed by atoms with Gasteiger partial charge in [-0.3, -0.25) is 4.98 Å². The van der Waals surface area contributed by atoms with Crippen LogP contribution in [0.3, 0.4) is 0 Å². The van der Waals surface area contributed by atoms with Gasteiger partial charge in [-0.05, 0) is 36.9 Å². The van der Waals surface area contributed by atoms with Gasteiger partial charge in [0.2, 0.25) is 0 Å². The molecule has 0 aliphatic rings. The van der Waals surface area contributed by atoms with Crippen LogP contribution < -0.4 is 10.6 Å². The molecule has 2 heterocycles. The number of nitrogens with one attached hydrogen (secondary N) is 2. The van der Waals surface area contributed by atoms with Gasteiger partial charge in [0.15, 0.2) is 0 Å². The number of hydrogen-bond acceptors (Lipinski definition) is 4. The van der Waals surface area contributed by atoms with E-state index in [4.69, 9.17) is 0 Å². The normalized spacial score (nSPS) is 11.8. The van der Waals surface area contributed by atoms with Gasteiger partial charge in [0, 0.05) is 43.1 Å². The van der Waals surface area contributed by atoms with Crippen molar-refractivity contribution in [3.05, 3.63) is 46.4 Å². The third-order valence-electron chi connectivity index (χ3n) is 3.59. The number of nitrogens with zero attached hydrogens (tertiary/aromatic N) is 2. The van der Waals surface area contributed by atoms with Crippen molar-refractivity contribution >= 4 is 23.1 Å². The lowest BCUT2D eigenvalue weighted by Crippen LogP contribution is -2.40. The van der Waals surface area contributed by atoms with Crippen LogP contribution in [-0.2, 0) is 0 Å². The Morgan fingerprint density at radius 1 is 1.41 bits per heavy atom. The highest BCUT2D eigenvalue weighted by molar-refractivity contribution is 7.10. The van der Waals surface area contributed by atoms with Gasteiger partial charge in [-0.1, -0.05) is 6.07 Å². The molecule has 0 aromatic carbocycles. The first-order chi connectivity index (χ1) is 10.6. The zero-order valence-electron chi connectivity index (χ0n) is 13.2. The van der Waals surface area contributed by atoms with Crippen LogP contribution in [0, 0.1) is 6.92 Å². The number of pyridine rings is 1. The molecule has 2 aromatic heterocycles. The van der Waals surface area contributed by atoms with Crippen molar-refractivity contribution in [1.82, 2.24) is 15.2 Å². The van der Waals surface area contributed by atoms with Crippen LogP contribution >= 0.6 is 11.3 Å². The summed E-state index contributed by atoms with van der Waals surface area (Å²) in [6.45, 7) is 5.29. The molecule has 0 aliphatic carbocycles. The Hall–Kier alpha value is -2.08. The zero-order chi connectivity index (χ0) is 15.9. The molecule has 6 heteroatoms. The van der Waals surface area contributed by atoms with Crippen molar-refractivity contribution in [2.24, 2.45) is 0 Å². The maximum Gasteiger partial charge on any atom is 0.317 e. The van der Waals surface area contributed by atoms with Crippen molar-refractivity contribution in [3.63, 3.8) is 0 Å². The predicted octanol–water partition coefficient (Wildman–Crippen LogP) is 3.27. The van der Waals surface area contributed by atoms with Gasteiger partial charge in [0.05, 0.1) is 6.04 Å². The number of rotatable bonds is 6. The second-order valence-electron chi connectivity index (χ2n) is 5.15. The number of carbonyl (C=O) groups is 1. The molecule has 0 aliphatic heterocycles. The summed E-state index contributed by atoms with van der Waals surface area (Å²) >= 11 is 1.66. The lowest BCUT2D eigenvalue weighted by Gasteiger charge is -2.24. The lowest BCUT2D eigenvalue weighted by molar-refractivity contribution is 0.195. The number of carbonyl (C=O) groups excluding carboxylic acids is 1. The van der Waals surface area contributed by atoms with Crippen molar-refractivity contribution < 1.29 is 4.79 Å². The summed E-state index contributed by atoms with van der Waals surface area (Å²) in [7, 11) is 1.82. The van der Waals surface area contributed by atoms with Crippen molar-refractivity contribution in [2.75, 3.05) is 25.5 Å². The summed E-state index contributed by atoms with van der Waals surface area (Å²) < 4.78 is 0. The van der Waals surface area contributed by atoms with Gasteiger partial charge in [-0.15, -0.1) is 11.3 Å². The first kappa shape index (κ1) is 16.3. The monoisotopic (exact) mass is 318 g/mol. The molecule has 22 heavy (non-hydrogen) atoms. The van der Waals surface area contributed by atoms with Crippen LogP contribution in [0.4, 0.5) is 10.5 Å². The maximum atomic E-state index is 12.1. The first-order valence-corrected chi connectivity index (χ1v) is 8.16. The largest absolute Gasteiger partial charge is 0.383 e. The number of aromatic nitrogens is 1. The van der Waals surface area contributed by atoms with Crippen LogP contribution in [-0.4, -0.2) is 36.1 Å². The summed E-state index contributed by atoms with van der Waals surface area (Å²) in [5, 5.41) is 8.25. The van der Waals surface area contributed by atoms with Gasteiger partial charge in [-0.25, -0.2) is 4.79 Å². The standard InChI is InChI=1S/C16H22N4OS/c1-12-11-17-7-6-14(12)18-8-9-19-16(21)20(3)13(2)15-5-4-10-22-15/h4-7,10-11,13H,8-9H2,1-3H3,(H,17,18)(H,19,21)/t13-/m1/s1. The average Bonchev–Trinajstić information content (AvgIpc) is 3.05. The van der Waals surface area contributed by atoms with E-state index in [0.717, 1.165) is 11.3 Å². The van der Waals surface area contributed by atoms with Crippen molar-refractivity contribution in [2.45, 2.75) is 19.9 Å². The Balaban J connectivity index is 1.75. The molecule has 0 spiro atoms. The number of urea groups is 1. The number of hydrogen-bond donors (Lipinski definition) is 2. The molecule has 0 bridgehead atoms. The Morgan fingerprint density at radius 2 is 2.23 bits per heavy atom. The maximum absolute atomic E-state index is 12.1. The quantitative estimate of drug-likeness (QED) is 0.804. The van der Waals surface area contributed by atoms with E-state index < -0.39 is 0 Å². The van der Waals surface area contributed by atoms with E-state index >= 15 is 0 Å². The van der Waals surface area contributed by atoms with E-state index in [9.17, 15) is 4.79 Å². The highest BCUT2D eigenvalue weighted by Crippen LogP contribution is 2.23. The number of aryl methyl sites for hydroxylation is 1. The highest BCUT2D eigenvalue weighted by atomic mass is 32.1. The Bertz CT molecular complexity index is 600. The SMILES string of the molecule is Cc1cnccc1NCCNC(=O)N(C)[C@H](C)c1cccs1. The Labute approximate surface area is 135 Å². The number of amides is 2. The van der Waals surface area contributed by atoms with E-state index in [0.29, 0.717) is 13.1 Å². The van der Waals surface area contributed by atoms with Crippen molar-refractivity contribution in [1.29, 1.82) is 0 Å². The van der Waals surface area contributed by atoms with Crippen LogP contribution in [0.15, 0.2) is 36.0 Å². The van der Waals surface area contributed by atoms with Crippen LogP contribution in [0.1, 0.15) is 23.4 Å². The number of thiophene rings is 1. The fraction of sp³-hybridized carbons (Fsp3) is 0.375.